The van der Waals surface area contributed by atoms with Gasteiger partial charge in [0.15, 0.2) is 0 Å². The molecule has 0 saturated heterocycles. The lowest BCUT2D eigenvalue weighted by molar-refractivity contribution is -0.200. The van der Waals surface area contributed by atoms with Gasteiger partial charge >= 0.3 is 5.97 Å². The Bertz CT molecular complexity index is 729. The Morgan fingerprint density at radius 3 is 2.19 bits per heavy atom. The van der Waals surface area contributed by atoms with E-state index in [0.717, 1.165) is 11.1 Å². The van der Waals surface area contributed by atoms with Crippen molar-refractivity contribution in [2.75, 3.05) is 6.61 Å². The topological polar surface area (TPSA) is 54.0 Å². The summed E-state index contributed by atoms with van der Waals surface area (Å²) >= 11 is 0. The number of hydrogen-bond donors (Lipinski definition) is 0. The molecule has 0 saturated carbocycles. The molecule has 5 heteroatoms. The normalized spacial score (nSPS) is 21.7. The Hall–Kier alpha value is -2.47. The number of hydrogen-bond acceptors (Lipinski definition) is 5. The van der Waals surface area contributed by atoms with Crippen LogP contribution < -0.4 is 0 Å². The van der Waals surface area contributed by atoms with E-state index in [9.17, 15) is 4.79 Å². The van der Waals surface area contributed by atoms with Crippen LogP contribution in [0.2, 0.25) is 0 Å². The van der Waals surface area contributed by atoms with Crippen LogP contribution in [0.25, 0.3) is 0 Å². The number of rotatable bonds is 8. The predicted molar refractivity (Wildman–Crippen MR) is 101 cm³/mol. The van der Waals surface area contributed by atoms with E-state index in [1.165, 1.54) is 6.92 Å². The molecule has 1 heterocycles. The Labute approximate surface area is 159 Å². The Morgan fingerprint density at radius 2 is 1.56 bits per heavy atom. The van der Waals surface area contributed by atoms with Crippen molar-refractivity contribution >= 4 is 5.97 Å². The average molecular weight is 368 g/mol. The number of ether oxygens (including phenoxy) is 4. The van der Waals surface area contributed by atoms with Crippen LogP contribution in [0.5, 0.6) is 0 Å². The standard InChI is InChI=1S/C22H24O5/c1-17(23)26-22-13-12-20(25-15-19-10-6-3-7-11-19)21(27-22)16-24-14-18-8-4-2-5-9-18/h2-13,20-22H,14-16H2,1H3/t20-,21+,22-/m0/s1. The van der Waals surface area contributed by atoms with Crippen molar-refractivity contribution in [2.24, 2.45) is 0 Å². The molecule has 1 aliphatic heterocycles. The highest BCUT2D eigenvalue weighted by atomic mass is 16.7. The van der Waals surface area contributed by atoms with Crippen molar-refractivity contribution < 1.29 is 23.7 Å². The third kappa shape index (κ3) is 6.32. The van der Waals surface area contributed by atoms with Crippen LogP contribution in [-0.4, -0.2) is 31.1 Å². The van der Waals surface area contributed by atoms with Crippen LogP contribution in [0.15, 0.2) is 72.8 Å². The highest BCUT2D eigenvalue weighted by Crippen LogP contribution is 2.19. The average Bonchev–Trinajstić information content (AvgIpc) is 2.68. The van der Waals surface area contributed by atoms with Crippen LogP contribution >= 0.6 is 0 Å². The quantitative estimate of drug-likeness (QED) is 0.526. The van der Waals surface area contributed by atoms with Crippen molar-refractivity contribution in [3.05, 3.63) is 83.9 Å². The molecule has 2 aromatic rings. The van der Waals surface area contributed by atoms with E-state index in [2.05, 4.69) is 0 Å². The molecule has 0 radical (unpaired) electrons. The SMILES string of the molecule is CC(=O)O[C@@H]1C=C[C@H](OCc2ccccc2)[C@@H](COCc2ccccc2)O1. The minimum atomic E-state index is -0.718. The minimum Gasteiger partial charge on any atom is -0.432 e. The lowest BCUT2D eigenvalue weighted by Crippen LogP contribution is -2.41. The first-order valence-corrected chi connectivity index (χ1v) is 8.99. The number of benzene rings is 2. The molecule has 3 atom stereocenters. The van der Waals surface area contributed by atoms with Gasteiger partial charge in [-0.2, -0.15) is 0 Å². The zero-order valence-corrected chi connectivity index (χ0v) is 15.3. The van der Waals surface area contributed by atoms with Gasteiger partial charge in [-0.05, 0) is 17.2 Å². The van der Waals surface area contributed by atoms with Crippen LogP contribution in [0.1, 0.15) is 18.1 Å². The van der Waals surface area contributed by atoms with Gasteiger partial charge in [-0.1, -0.05) is 66.7 Å². The first-order valence-electron chi connectivity index (χ1n) is 8.99. The maximum Gasteiger partial charge on any atom is 0.305 e. The summed E-state index contributed by atoms with van der Waals surface area (Å²) < 4.78 is 22.8. The number of carbonyl (C=O) groups excluding carboxylic acids is 1. The van der Waals surface area contributed by atoms with Crippen LogP contribution in [-0.2, 0) is 37.0 Å². The highest BCUT2D eigenvalue weighted by Gasteiger charge is 2.29. The molecule has 5 nitrogen and oxygen atoms in total. The first-order chi connectivity index (χ1) is 13.2. The van der Waals surface area contributed by atoms with E-state index in [1.807, 2.05) is 66.7 Å². The molecule has 0 aliphatic carbocycles. The first kappa shape index (κ1) is 19.3. The van der Waals surface area contributed by atoms with Gasteiger partial charge in [-0.15, -0.1) is 0 Å². The van der Waals surface area contributed by atoms with E-state index < -0.39 is 12.3 Å². The second-order valence-electron chi connectivity index (χ2n) is 6.30. The van der Waals surface area contributed by atoms with Crippen LogP contribution in [0, 0.1) is 0 Å². The zero-order valence-electron chi connectivity index (χ0n) is 15.3. The lowest BCUT2D eigenvalue weighted by atomic mass is 10.1. The number of esters is 1. The minimum absolute atomic E-state index is 0.284. The monoisotopic (exact) mass is 368 g/mol. The van der Waals surface area contributed by atoms with E-state index in [-0.39, 0.29) is 12.2 Å². The molecule has 3 rings (SSSR count). The summed E-state index contributed by atoms with van der Waals surface area (Å²) in [5.74, 6) is -0.391. The summed E-state index contributed by atoms with van der Waals surface area (Å²) in [6, 6.07) is 19.9. The van der Waals surface area contributed by atoms with E-state index >= 15 is 0 Å². The second-order valence-corrected chi connectivity index (χ2v) is 6.30. The third-order valence-corrected chi connectivity index (χ3v) is 4.09. The fourth-order valence-electron chi connectivity index (χ4n) is 2.78. The Kier molecular flexibility index (Phi) is 7.16. The van der Waals surface area contributed by atoms with Gasteiger partial charge < -0.3 is 18.9 Å². The molecule has 0 amide bonds. The largest absolute Gasteiger partial charge is 0.432 e. The second kappa shape index (κ2) is 10.0. The lowest BCUT2D eigenvalue weighted by Gasteiger charge is -2.31. The molecule has 1 aliphatic rings. The Morgan fingerprint density at radius 1 is 0.926 bits per heavy atom. The molecule has 0 fully saturated rings. The van der Waals surface area contributed by atoms with Crippen molar-refractivity contribution in [1.82, 2.24) is 0 Å². The van der Waals surface area contributed by atoms with Crippen molar-refractivity contribution in [1.29, 1.82) is 0 Å². The molecule has 142 valence electrons. The smallest absolute Gasteiger partial charge is 0.305 e. The molecule has 0 bridgehead atoms. The van der Waals surface area contributed by atoms with Gasteiger partial charge in [-0.25, -0.2) is 0 Å². The van der Waals surface area contributed by atoms with Gasteiger partial charge in [-0.3, -0.25) is 4.79 Å². The van der Waals surface area contributed by atoms with Gasteiger partial charge in [0.1, 0.15) is 12.2 Å². The highest BCUT2D eigenvalue weighted by molar-refractivity contribution is 5.66. The fraction of sp³-hybridized carbons (Fsp3) is 0.318. The summed E-state index contributed by atoms with van der Waals surface area (Å²) in [7, 11) is 0. The van der Waals surface area contributed by atoms with E-state index in [4.69, 9.17) is 18.9 Å². The zero-order chi connectivity index (χ0) is 18.9. The molecule has 0 unspecified atom stereocenters. The molecular formula is C22H24O5. The number of carbonyl (C=O) groups is 1. The predicted octanol–water partition coefficient (Wildman–Crippen LogP) is 3.63. The third-order valence-electron chi connectivity index (χ3n) is 4.09. The van der Waals surface area contributed by atoms with Crippen molar-refractivity contribution in [2.45, 2.75) is 38.6 Å². The van der Waals surface area contributed by atoms with E-state index in [0.29, 0.717) is 19.8 Å². The molecule has 0 spiro atoms. The van der Waals surface area contributed by atoms with Crippen molar-refractivity contribution in [3.63, 3.8) is 0 Å². The summed E-state index contributed by atoms with van der Waals surface area (Å²) in [6.45, 7) is 2.63. The molecular weight excluding hydrogens is 344 g/mol. The van der Waals surface area contributed by atoms with Gasteiger partial charge in [0, 0.05) is 6.92 Å². The maximum atomic E-state index is 11.2. The van der Waals surface area contributed by atoms with Crippen molar-refractivity contribution in [3.8, 4) is 0 Å². The summed E-state index contributed by atoms with van der Waals surface area (Å²) in [6.07, 6.45) is 2.20. The summed E-state index contributed by atoms with van der Waals surface area (Å²) in [5.41, 5.74) is 2.17. The van der Waals surface area contributed by atoms with E-state index in [1.54, 1.807) is 6.08 Å². The summed E-state index contributed by atoms with van der Waals surface area (Å²) in [5, 5.41) is 0. The van der Waals surface area contributed by atoms with Gasteiger partial charge in [0.05, 0.1) is 19.8 Å². The fourth-order valence-corrected chi connectivity index (χ4v) is 2.78. The maximum absolute atomic E-state index is 11.2. The van der Waals surface area contributed by atoms with Gasteiger partial charge in [0.25, 0.3) is 0 Å². The summed E-state index contributed by atoms with van der Waals surface area (Å²) in [4.78, 5) is 11.2. The van der Waals surface area contributed by atoms with Crippen LogP contribution in [0.4, 0.5) is 0 Å². The van der Waals surface area contributed by atoms with Crippen LogP contribution in [0.3, 0.4) is 0 Å². The van der Waals surface area contributed by atoms with Gasteiger partial charge in [0.2, 0.25) is 6.29 Å². The molecule has 27 heavy (non-hydrogen) atoms. The molecule has 2 aromatic carbocycles. The molecule has 0 aromatic heterocycles. The Balaban J connectivity index is 1.58. The molecule has 0 N–H and O–H groups in total.